The zero-order valence-electron chi connectivity index (χ0n) is 9.29. The summed E-state index contributed by atoms with van der Waals surface area (Å²) in [7, 11) is 0. The quantitative estimate of drug-likeness (QED) is 0.696. The van der Waals surface area contributed by atoms with Gasteiger partial charge in [0, 0.05) is 11.1 Å². The lowest BCUT2D eigenvalue weighted by atomic mass is 10.0. The molecule has 0 aliphatic carbocycles. The number of thioether (sulfide) groups is 1. The van der Waals surface area contributed by atoms with Crippen LogP contribution in [0.5, 0.6) is 0 Å². The third-order valence-corrected chi connectivity index (χ3v) is 3.00. The Morgan fingerprint density at radius 1 is 1.50 bits per heavy atom. The largest absolute Gasteiger partial charge is 0.255 e. The highest BCUT2D eigenvalue weighted by atomic mass is 32.2. The number of allylic oxidation sites excluding steroid dienone is 1. The summed E-state index contributed by atoms with van der Waals surface area (Å²) in [5.41, 5.74) is 3.45. The molecule has 0 atom stereocenters. The Labute approximate surface area is 90.6 Å². The topological polar surface area (TPSA) is 12.9 Å². The van der Waals surface area contributed by atoms with Gasteiger partial charge in [0.15, 0.2) is 0 Å². The standard InChI is InChI=1S/C12H17NS/c1-8(2)10-6-7-13-11(9(3)4)12(10)14-5/h6-8H,3H2,1-2,4-5H3. The molecule has 1 aromatic heterocycles. The third kappa shape index (κ3) is 2.18. The van der Waals surface area contributed by atoms with Gasteiger partial charge in [0.2, 0.25) is 0 Å². The lowest BCUT2D eigenvalue weighted by Crippen LogP contribution is -1.97. The number of rotatable bonds is 3. The summed E-state index contributed by atoms with van der Waals surface area (Å²) in [5.74, 6) is 0.540. The summed E-state index contributed by atoms with van der Waals surface area (Å²) in [6.07, 6.45) is 3.97. The molecular weight excluding hydrogens is 190 g/mol. The molecule has 0 saturated heterocycles. The monoisotopic (exact) mass is 207 g/mol. The van der Waals surface area contributed by atoms with Crippen molar-refractivity contribution in [1.82, 2.24) is 4.98 Å². The van der Waals surface area contributed by atoms with Crippen LogP contribution in [0.3, 0.4) is 0 Å². The van der Waals surface area contributed by atoms with Gasteiger partial charge in [0.05, 0.1) is 5.69 Å². The van der Waals surface area contributed by atoms with Gasteiger partial charge in [-0.15, -0.1) is 11.8 Å². The van der Waals surface area contributed by atoms with Gasteiger partial charge in [-0.1, -0.05) is 20.4 Å². The van der Waals surface area contributed by atoms with Crippen LogP contribution in [0.15, 0.2) is 23.7 Å². The summed E-state index contributed by atoms with van der Waals surface area (Å²) in [6, 6.07) is 2.10. The van der Waals surface area contributed by atoms with E-state index in [1.807, 2.05) is 13.1 Å². The average Bonchev–Trinajstić information content (AvgIpc) is 2.16. The van der Waals surface area contributed by atoms with E-state index in [0.29, 0.717) is 5.92 Å². The summed E-state index contributed by atoms with van der Waals surface area (Å²) in [4.78, 5) is 5.64. The molecule has 0 bridgehead atoms. The van der Waals surface area contributed by atoms with Crippen LogP contribution in [0.1, 0.15) is 37.9 Å². The molecule has 2 heteroatoms. The molecular formula is C12H17NS. The number of hydrogen-bond donors (Lipinski definition) is 0. The first-order chi connectivity index (χ1) is 6.57. The summed E-state index contributed by atoms with van der Waals surface area (Å²) in [6.45, 7) is 10.4. The van der Waals surface area contributed by atoms with E-state index in [-0.39, 0.29) is 0 Å². The molecule has 1 nitrogen and oxygen atoms in total. The zero-order chi connectivity index (χ0) is 10.7. The SMILES string of the molecule is C=C(C)c1nccc(C(C)C)c1SC. The molecule has 0 radical (unpaired) electrons. The predicted molar refractivity (Wildman–Crippen MR) is 64.8 cm³/mol. The second-order valence-electron chi connectivity index (χ2n) is 3.72. The van der Waals surface area contributed by atoms with Crippen LogP contribution < -0.4 is 0 Å². The minimum atomic E-state index is 0.540. The van der Waals surface area contributed by atoms with Crippen molar-refractivity contribution in [3.63, 3.8) is 0 Å². The second-order valence-corrected chi connectivity index (χ2v) is 4.53. The second kappa shape index (κ2) is 4.65. The molecule has 0 aromatic carbocycles. The van der Waals surface area contributed by atoms with E-state index in [2.05, 4.69) is 37.7 Å². The molecule has 14 heavy (non-hydrogen) atoms. The number of nitrogens with zero attached hydrogens (tertiary/aromatic N) is 1. The maximum absolute atomic E-state index is 4.37. The van der Waals surface area contributed by atoms with Crippen LogP contribution in [0.2, 0.25) is 0 Å². The Hall–Kier alpha value is -0.760. The number of aromatic nitrogens is 1. The fraction of sp³-hybridized carbons (Fsp3) is 0.417. The lowest BCUT2D eigenvalue weighted by molar-refractivity contribution is 0.833. The Kier molecular flexibility index (Phi) is 3.76. The fourth-order valence-corrected chi connectivity index (χ4v) is 2.40. The Bertz CT molecular complexity index is 342. The molecule has 0 saturated carbocycles. The van der Waals surface area contributed by atoms with Gasteiger partial charge < -0.3 is 0 Å². The zero-order valence-corrected chi connectivity index (χ0v) is 10.1. The average molecular weight is 207 g/mol. The van der Waals surface area contributed by atoms with E-state index in [1.165, 1.54) is 10.5 Å². The van der Waals surface area contributed by atoms with Crippen molar-refractivity contribution in [2.45, 2.75) is 31.6 Å². The normalized spacial score (nSPS) is 10.6. The molecule has 0 fully saturated rings. The van der Waals surface area contributed by atoms with E-state index in [0.717, 1.165) is 11.3 Å². The van der Waals surface area contributed by atoms with Crippen molar-refractivity contribution in [3.8, 4) is 0 Å². The van der Waals surface area contributed by atoms with Crippen molar-refractivity contribution in [3.05, 3.63) is 30.1 Å². The molecule has 0 aliphatic heterocycles. The van der Waals surface area contributed by atoms with Gasteiger partial charge in [-0.25, -0.2) is 0 Å². The van der Waals surface area contributed by atoms with Gasteiger partial charge >= 0.3 is 0 Å². The maximum Gasteiger partial charge on any atom is 0.0791 e. The molecule has 1 heterocycles. The van der Waals surface area contributed by atoms with E-state index >= 15 is 0 Å². The molecule has 0 N–H and O–H groups in total. The number of pyridine rings is 1. The molecule has 76 valence electrons. The summed E-state index contributed by atoms with van der Waals surface area (Å²) in [5, 5.41) is 0. The van der Waals surface area contributed by atoms with Gasteiger partial charge in [0.1, 0.15) is 0 Å². The molecule has 0 spiro atoms. The molecule has 1 rings (SSSR count). The summed E-state index contributed by atoms with van der Waals surface area (Å²) >= 11 is 1.76. The Morgan fingerprint density at radius 3 is 2.57 bits per heavy atom. The molecule has 0 unspecified atom stereocenters. The van der Waals surface area contributed by atoms with Crippen LogP contribution in [0.25, 0.3) is 5.57 Å². The van der Waals surface area contributed by atoms with Crippen molar-refractivity contribution in [2.75, 3.05) is 6.26 Å². The minimum absolute atomic E-state index is 0.540. The molecule has 1 aromatic rings. The van der Waals surface area contributed by atoms with Crippen molar-refractivity contribution in [2.24, 2.45) is 0 Å². The fourth-order valence-electron chi connectivity index (χ4n) is 1.44. The van der Waals surface area contributed by atoms with Crippen molar-refractivity contribution >= 4 is 17.3 Å². The highest BCUT2D eigenvalue weighted by molar-refractivity contribution is 7.98. The Morgan fingerprint density at radius 2 is 2.14 bits per heavy atom. The highest BCUT2D eigenvalue weighted by Gasteiger charge is 2.11. The van der Waals surface area contributed by atoms with E-state index < -0.39 is 0 Å². The first-order valence-electron chi connectivity index (χ1n) is 4.76. The van der Waals surface area contributed by atoms with Crippen LogP contribution in [-0.2, 0) is 0 Å². The maximum atomic E-state index is 4.37. The van der Waals surface area contributed by atoms with Crippen LogP contribution in [-0.4, -0.2) is 11.2 Å². The van der Waals surface area contributed by atoms with E-state index in [4.69, 9.17) is 0 Å². The van der Waals surface area contributed by atoms with Crippen molar-refractivity contribution < 1.29 is 0 Å². The van der Waals surface area contributed by atoms with Crippen LogP contribution in [0, 0.1) is 0 Å². The number of hydrogen-bond acceptors (Lipinski definition) is 2. The first-order valence-corrected chi connectivity index (χ1v) is 5.99. The van der Waals surface area contributed by atoms with Crippen LogP contribution >= 0.6 is 11.8 Å². The third-order valence-electron chi connectivity index (χ3n) is 2.17. The van der Waals surface area contributed by atoms with Gasteiger partial charge in [0.25, 0.3) is 0 Å². The predicted octanol–water partition coefficient (Wildman–Crippen LogP) is 3.96. The first kappa shape index (κ1) is 11.3. The van der Waals surface area contributed by atoms with E-state index in [1.54, 1.807) is 11.8 Å². The Balaban J connectivity index is 3.32. The molecule has 0 amide bonds. The minimum Gasteiger partial charge on any atom is -0.255 e. The van der Waals surface area contributed by atoms with Crippen LogP contribution in [0.4, 0.5) is 0 Å². The van der Waals surface area contributed by atoms with E-state index in [9.17, 15) is 0 Å². The lowest BCUT2D eigenvalue weighted by Gasteiger charge is -2.14. The van der Waals surface area contributed by atoms with Gasteiger partial charge in [-0.3, -0.25) is 4.98 Å². The van der Waals surface area contributed by atoms with Gasteiger partial charge in [-0.2, -0.15) is 0 Å². The van der Waals surface area contributed by atoms with Gasteiger partial charge in [-0.05, 0) is 36.3 Å². The highest BCUT2D eigenvalue weighted by Crippen LogP contribution is 2.31. The van der Waals surface area contributed by atoms with Crippen molar-refractivity contribution in [1.29, 1.82) is 0 Å². The molecule has 0 aliphatic rings. The summed E-state index contributed by atoms with van der Waals surface area (Å²) < 4.78 is 0. The smallest absolute Gasteiger partial charge is 0.0791 e.